The Bertz CT molecular complexity index is 739. The van der Waals surface area contributed by atoms with Crippen LogP contribution in [-0.2, 0) is 11.2 Å². The van der Waals surface area contributed by atoms with Gasteiger partial charge in [0.25, 0.3) is 0 Å². The number of carbonyl (C=O) groups excluding carboxylic acids is 1. The van der Waals surface area contributed by atoms with Gasteiger partial charge in [-0.15, -0.1) is 0 Å². The van der Waals surface area contributed by atoms with Crippen LogP contribution in [0.15, 0.2) is 24.4 Å². The van der Waals surface area contributed by atoms with Crippen LogP contribution in [0, 0.1) is 17.8 Å². The molecule has 2 aliphatic rings. The van der Waals surface area contributed by atoms with Crippen molar-refractivity contribution in [1.29, 1.82) is 0 Å². The Morgan fingerprint density at radius 1 is 1.39 bits per heavy atom. The second kappa shape index (κ2) is 5.57. The number of aromatic amines is 1. The predicted molar refractivity (Wildman–Crippen MR) is 89.2 cm³/mol. The molecule has 4 atom stereocenters. The maximum atomic E-state index is 12.3. The van der Waals surface area contributed by atoms with Crippen molar-refractivity contribution in [2.24, 2.45) is 23.5 Å². The molecule has 0 bridgehead atoms. The number of rotatable bonds is 5. The first-order chi connectivity index (χ1) is 11.2. The van der Waals surface area contributed by atoms with Crippen LogP contribution >= 0.6 is 0 Å². The number of amides is 1. The molecule has 1 heterocycles. The molecule has 122 valence electrons. The summed E-state index contributed by atoms with van der Waals surface area (Å²) in [5.74, 6) is 2.32. The average Bonchev–Trinajstić information content (AvgIpc) is 3.15. The Hall–Kier alpha value is -2.01. The summed E-state index contributed by atoms with van der Waals surface area (Å²) in [4.78, 5) is 15.6. The molecule has 5 nitrogen and oxygen atoms in total. The van der Waals surface area contributed by atoms with E-state index in [1.807, 2.05) is 24.4 Å². The second-order valence-electron chi connectivity index (χ2n) is 6.81. The minimum Gasteiger partial charge on any atom is -0.496 e. The number of nitrogens with two attached hydrogens (primary N) is 1. The molecule has 0 radical (unpaired) electrons. The molecule has 2 aliphatic carbocycles. The zero-order valence-electron chi connectivity index (χ0n) is 13.3. The quantitative estimate of drug-likeness (QED) is 0.787. The van der Waals surface area contributed by atoms with Crippen molar-refractivity contribution >= 4 is 16.8 Å². The van der Waals surface area contributed by atoms with Crippen LogP contribution in [-0.4, -0.2) is 30.6 Å². The van der Waals surface area contributed by atoms with Crippen LogP contribution in [0.5, 0.6) is 5.75 Å². The van der Waals surface area contributed by atoms with Gasteiger partial charge in [-0.05, 0) is 48.8 Å². The van der Waals surface area contributed by atoms with Crippen molar-refractivity contribution in [3.05, 3.63) is 30.0 Å². The van der Waals surface area contributed by atoms with E-state index in [2.05, 4.69) is 10.3 Å². The van der Waals surface area contributed by atoms with Gasteiger partial charge in [0.15, 0.2) is 0 Å². The number of hydrogen-bond donors (Lipinski definition) is 3. The third-order valence-electron chi connectivity index (χ3n) is 5.48. The third kappa shape index (κ3) is 2.49. The van der Waals surface area contributed by atoms with Gasteiger partial charge < -0.3 is 20.8 Å². The lowest BCUT2D eigenvalue weighted by Crippen LogP contribution is -2.33. The van der Waals surface area contributed by atoms with Gasteiger partial charge in [0.1, 0.15) is 5.75 Å². The van der Waals surface area contributed by atoms with E-state index in [1.54, 1.807) is 7.11 Å². The van der Waals surface area contributed by atoms with E-state index in [1.165, 1.54) is 5.56 Å². The first kappa shape index (κ1) is 14.6. The predicted octanol–water partition coefficient (Wildman–Crippen LogP) is 1.82. The summed E-state index contributed by atoms with van der Waals surface area (Å²) in [6, 6.07) is 6.20. The maximum Gasteiger partial charge on any atom is 0.223 e. The van der Waals surface area contributed by atoms with Gasteiger partial charge in [-0.2, -0.15) is 0 Å². The van der Waals surface area contributed by atoms with E-state index in [0.717, 1.165) is 35.9 Å². The minimum atomic E-state index is 0.132. The molecular formula is C18H23N3O2. The molecule has 1 aromatic heterocycles. The van der Waals surface area contributed by atoms with Crippen molar-refractivity contribution in [2.75, 3.05) is 13.7 Å². The van der Waals surface area contributed by atoms with E-state index < -0.39 is 0 Å². The van der Waals surface area contributed by atoms with Crippen LogP contribution in [0.1, 0.15) is 18.4 Å². The first-order valence-corrected chi connectivity index (χ1v) is 8.35. The van der Waals surface area contributed by atoms with Gasteiger partial charge in [0, 0.05) is 35.6 Å². The van der Waals surface area contributed by atoms with Gasteiger partial charge in [-0.25, -0.2) is 0 Å². The minimum absolute atomic E-state index is 0.132. The molecule has 5 heteroatoms. The van der Waals surface area contributed by atoms with Crippen LogP contribution in [0.4, 0.5) is 0 Å². The molecule has 4 N–H and O–H groups in total. The normalized spacial score (nSPS) is 28.6. The lowest BCUT2D eigenvalue weighted by Gasteiger charge is -2.13. The van der Waals surface area contributed by atoms with Gasteiger partial charge in [-0.1, -0.05) is 6.07 Å². The fourth-order valence-corrected chi connectivity index (χ4v) is 4.17. The molecule has 2 fully saturated rings. The van der Waals surface area contributed by atoms with Crippen molar-refractivity contribution in [3.8, 4) is 5.75 Å². The summed E-state index contributed by atoms with van der Waals surface area (Å²) in [6.45, 7) is 0.646. The molecule has 0 spiro atoms. The van der Waals surface area contributed by atoms with Gasteiger partial charge in [0.2, 0.25) is 5.91 Å². The van der Waals surface area contributed by atoms with Gasteiger partial charge in [-0.3, -0.25) is 4.79 Å². The van der Waals surface area contributed by atoms with E-state index in [-0.39, 0.29) is 17.9 Å². The number of fused-ring (bicyclic) bond motifs is 2. The molecule has 2 aromatic rings. The van der Waals surface area contributed by atoms with Crippen molar-refractivity contribution in [2.45, 2.75) is 25.3 Å². The Morgan fingerprint density at radius 3 is 2.96 bits per heavy atom. The number of ether oxygens (including phenoxy) is 1. The average molecular weight is 313 g/mol. The molecule has 4 rings (SSSR count). The number of methoxy groups -OCH3 is 1. The highest BCUT2D eigenvalue weighted by molar-refractivity contribution is 5.89. The lowest BCUT2D eigenvalue weighted by atomic mass is 10.0. The Kier molecular flexibility index (Phi) is 3.53. The number of aromatic nitrogens is 1. The second-order valence-corrected chi connectivity index (χ2v) is 6.81. The van der Waals surface area contributed by atoms with Crippen molar-refractivity contribution in [1.82, 2.24) is 10.3 Å². The summed E-state index contributed by atoms with van der Waals surface area (Å²) in [6.07, 6.45) is 4.78. The number of carbonyl (C=O) groups is 1. The standard InChI is InChI=1S/C18H23N3O2/c1-23-16-4-2-3-15-17(16)10(9-21-15)5-6-20-18(22)13-8-14(19)12-7-11(12)13/h2-4,9,11-14,21H,5-8,19H2,1H3,(H,20,22)/t11-,12+,13-,14+/m1/s1. The van der Waals surface area contributed by atoms with E-state index >= 15 is 0 Å². The van der Waals surface area contributed by atoms with E-state index in [9.17, 15) is 4.79 Å². The summed E-state index contributed by atoms with van der Waals surface area (Å²) >= 11 is 0. The number of hydrogen-bond acceptors (Lipinski definition) is 3. The van der Waals surface area contributed by atoms with Crippen LogP contribution in [0.3, 0.4) is 0 Å². The maximum absolute atomic E-state index is 12.3. The van der Waals surface area contributed by atoms with Crippen molar-refractivity contribution in [3.63, 3.8) is 0 Å². The van der Waals surface area contributed by atoms with Crippen LogP contribution < -0.4 is 15.8 Å². The largest absolute Gasteiger partial charge is 0.496 e. The molecule has 1 amide bonds. The lowest BCUT2D eigenvalue weighted by molar-refractivity contribution is -0.125. The summed E-state index contributed by atoms with van der Waals surface area (Å²) in [5.41, 5.74) is 8.28. The monoisotopic (exact) mass is 313 g/mol. The Balaban J connectivity index is 1.39. The highest BCUT2D eigenvalue weighted by atomic mass is 16.5. The fourth-order valence-electron chi connectivity index (χ4n) is 4.17. The summed E-state index contributed by atoms with van der Waals surface area (Å²) in [7, 11) is 1.68. The van der Waals surface area contributed by atoms with E-state index in [4.69, 9.17) is 10.5 Å². The number of benzene rings is 1. The molecule has 2 saturated carbocycles. The zero-order valence-corrected chi connectivity index (χ0v) is 13.3. The van der Waals surface area contributed by atoms with Gasteiger partial charge in [0.05, 0.1) is 7.11 Å². The highest BCUT2D eigenvalue weighted by Crippen LogP contribution is 2.54. The van der Waals surface area contributed by atoms with Crippen LogP contribution in [0.25, 0.3) is 10.9 Å². The Morgan fingerprint density at radius 2 is 2.26 bits per heavy atom. The molecule has 0 unspecified atom stereocenters. The van der Waals surface area contributed by atoms with Crippen LogP contribution in [0.2, 0.25) is 0 Å². The number of nitrogens with one attached hydrogen (secondary N) is 2. The highest BCUT2D eigenvalue weighted by Gasteiger charge is 2.55. The van der Waals surface area contributed by atoms with E-state index in [0.29, 0.717) is 18.4 Å². The molecule has 23 heavy (non-hydrogen) atoms. The smallest absolute Gasteiger partial charge is 0.223 e. The SMILES string of the molecule is COc1cccc2[nH]cc(CCNC(=O)[C@@H]3C[C@H](N)[C@H]4C[C@H]43)c12. The fraction of sp³-hybridized carbons (Fsp3) is 0.500. The number of H-pyrrole nitrogens is 1. The molecular weight excluding hydrogens is 290 g/mol. The first-order valence-electron chi connectivity index (χ1n) is 8.35. The topological polar surface area (TPSA) is 80.1 Å². The molecule has 1 aromatic carbocycles. The third-order valence-corrected chi connectivity index (χ3v) is 5.48. The molecule has 0 aliphatic heterocycles. The van der Waals surface area contributed by atoms with Gasteiger partial charge >= 0.3 is 0 Å². The summed E-state index contributed by atoms with van der Waals surface area (Å²) in [5, 5.41) is 4.20. The zero-order chi connectivity index (χ0) is 16.0. The molecule has 0 saturated heterocycles. The Labute approximate surface area is 135 Å². The van der Waals surface area contributed by atoms with Crippen molar-refractivity contribution < 1.29 is 9.53 Å². The summed E-state index contributed by atoms with van der Waals surface area (Å²) < 4.78 is 5.45.